The largest absolute Gasteiger partial charge is 0.481 e. The molecule has 9 nitrogen and oxygen atoms in total. The lowest BCUT2D eigenvalue weighted by molar-refractivity contribution is -0.137. The molecule has 1 unspecified atom stereocenters. The van der Waals surface area contributed by atoms with Crippen LogP contribution in [0.5, 0.6) is 0 Å². The van der Waals surface area contributed by atoms with Crippen molar-refractivity contribution in [2.45, 2.75) is 31.7 Å². The number of rotatable bonds is 8. The molecule has 35 heavy (non-hydrogen) atoms. The molecular weight excluding hydrogens is 493 g/mol. The number of nitrogens with one attached hydrogen (secondary N) is 2. The number of aliphatic carboxylic acids is 1. The first-order valence-electron chi connectivity index (χ1n) is 11.2. The normalized spacial score (nSPS) is 14.8. The van der Waals surface area contributed by atoms with E-state index < -0.39 is 23.8 Å². The van der Waals surface area contributed by atoms with Crippen molar-refractivity contribution in [2.75, 3.05) is 19.6 Å². The van der Waals surface area contributed by atoms with Crippen molar-refractivity contribution >= 4 is 52.6 Å². The van der Waals surface area contributed by atoms with Crippen LogP contribution in [0.1, 0.15) is 47.6 Å². The standard InChI is InChI=1S/C24H27Cl2N5O4/c25-17-9-16(10-18(26)12-17)20(13-22(33)34)30-21(32)14-28-23(35)15-5-4-6-19(11-15)29-24(27)31-7-2-1-3-8-31/h4-6,9-12,20H,1-3,7-8,13-14H2,(H2,27,29)(H,28,35)(H,30,32)(H,33,34). The molecule has 1 aliphatic heterocycles. The Morgan fingerprint density at radius 2 is 1.74 bits per heavy atom. The summed E-state index contributed by atoms with van der Waals surface area (Å²) in [6, 6.07) is 10.3. The van der Waals surface area contributed by atoms with Gasteiger partial charge in [-0.3, -0.25) is 14.4 Å². The molecule has 1 saturated heterocycles. The monoisotopic (exact) mass is 519 g/mol. The molecule has 0 spiro atoms. The topological polar surface area (TPSA) is 137 Å². The molecule has 186 valence electrons. The fraction of sp³-hybridized carbons (Fsp3) is 0.333. The Kier molecular flexibility index (Phi) is 9.33. The minimum Gasteiger partial charge on any atom is -0.481 e. The fourth-order valence-corrected chi connectivity index (χ4v) is 4.30. The smallest absolute Gasteiger partial charge is 0.305 e. The lowest BCUT2D eigenvalue weighted by atomic mass is 10.0. The third-order valence-corrected chi connectivity index (χ3v) is 5.88. The number of carboxylic acid groups (broad SMARTS) is 1. The van der Waals surface area contributed by atoms with Crippen LogP contribution in [0.3, 0.4) is 0 Å². The van der Waals surface area contributed by atoms with Crippen molar-refractivity contribution in [3.8, 4) is 0 Å². The van der Waals surface area contributed by atoms with E-state index in [0.717, 1.165) is 25.9 Å². The molecule has 1 heterocycles. The SMILES string of the molecule is NC(=Nc1cccc(C(=O)NCC(=O)NC(CC(=O)O)c2cc(Cl)cc(Cl)c2)c1)N1CCCCC1. The second-order valence-electron chi connectivity index (χ2n) is 8.17. The van der Waals surface area contributed by atoms with Crippen LogP contribution in [0.4, 0.5) is 5.69 Å². The van der Waals surface area contributed by atoms with E-state index >= 15 is 0 Å². The first-order chi connectivity index (χ1) is 16.7. The molecule has 11 heteroatoms. The molecule has 0 aliphatic carbocycles. The molecular formula is C24H27Cl2N5O4. The Morgan fingerprint density at radius 1 is 1.06 bits per heavy atom. The number of benzene rings is 2. The quantitative estimate of drug-likeness (QED) is 0.311. The van der Waals surface area contributed by atoms with Gasteiger partial charge >= 0.3 is 5.97 Å². The second kappa shape index (κ2) is 12.4. The van der Waals surface area contributed by atoms with Crippen LogP contribution in [-0.4, -0.2) is 53.4 Å². The number of nitrogens with two attached hydrogens (primary N) is 1. The molecule has 1 atom stereocenters. The summed E-state index contributed by atoms with van der Waals surface area (Å²) in [5.74, 6) is -1.75. The first kappa shape index (κ1) is 26.3. The van der Waals surface area contributed by atoms with E-state index in [0.29, 0.717) is 32.8 Å². The molecule has 0 aromatic heterocycles. The Hall–Kier alpha value is -3.30. The number of carboxylic acids is 1. The first-order valence-corrected chi connectivity index (χ1v) is 11.9. The van der Waals surface area contributed by atoms with Crippen LogP contribution in [0.25, 0.3) is 0 Å². The van der Waals surface area contributed by atoms with Gasteiger partial charge in [0.05, 0.1) is 24.7 Å². The van der Waals surface area contributed by atoms with Crippen molar-refractivity contribution in [3.05, 3.63) is 63.6 Å². The average Bonchev–Trinajstić information content (AvgIpc) is 2.82. The number of nitrogens with zero attached hydrogens (tertiary/aromatic N) is 2. The molecule has 0 radical (unpaired) electrons. The Bertz CT molecular complexity index is 1100. The summed E-state index contributed by atoms with van der Waals surface area (Å²) >= 11 is 12.0. The van der Waals surface area contributed by atoms with Gasteiger partial charge in [0.15, 0.2) is 5.96 Å². The van der Waals surface area contributed by atoms with Crippen LogP contribution in [0.15, 0.2) is 47.5 Å². The van der Waals surface area contributed by atoms with Crippen LogP contribution in [0.2, 0.25) is 10.0 Å². The predicted octanol–water partition coefficient (Wildman–Crippen LogP) is 3.49. The van der Waals surface area contributed by atoms with E-state index in [1.807, 2.05) is 4.90 Å². The number of carbonyl (C=O) groups excluding carboxylic acids is 2. The second-order valence-corrected chi connectivity index (χ2v) is 9.04. The predicted molar refractivity (Wildman–Crippen MR) is 135 cm³/mol. The number of piperidine rings is 1. The van der Waals surface area contributed by atoms with Crippen molar-refractivity contribution in [3.63, 3.8) is 0 Å². The molecule has 3 rings (SSSR count). The van der Waals surface area contributed by atoms with Crippen molar-refractivity contribution < 1.29 is 19.5 Å². The third-order valence-electron chi connectivity index (χ3n) is 5.44. The van der Waals surface area contributed by atoms with Gasteiger partial charge in [-0.2, -0.15) is 0 Å². The minimum atomic E-state index is -1.11. The number of likely N-dealkylation sites (tertiary alicyclic amines) is 1. The van der Waals surface area contributed by atoms with Gasteiger partial charge in [-0.1, -0.05) is 29.3 Å². The summed E-state index contributed by atoms with van der Waals surface area (Å²) in [5, 5.41) is 15.0. The van der Waals surface area contributed by atoms with E-state index in [1.54, 1.807) is 24.3 Å². The minimum absolute atomic E-state index is 0.314. The summed E-state index contributed by atoms with van der Waals surface area (Å²) in [6.45, 7) is 1.36. The van der Waals surface area contributed by atoms with Crippen molar-refractivity contribution in [2.24, 2.45) is 10.7 Å². The number of guanidine groups is 1. The zero-order valence-corrected chi connectivity index (χ0v) is 20.5. The molecule has 2 aromatic rings. The molecule has 5 N–H and O–H groups in total. The van der Waals surface area contributed by atoms with E-state index in [2.05, 4.69) is 15.6 Å². The summed E-state index contributed by atoms with van der Waals surface area (Å²) in [7, 11) is 0. The van der Waals surface area contributed by atoms with Gasteiger partial charge < -0.3 is 26.4 Å². The maximum Gasteiger partial charge on any atom is 0.305 e. The lowest BCUT2D eigenvalue weighted by Crippen LogP contribution is -2.40. The maximum absolute atomic E-state index is 12.6. The average molecular weight is 520 g/mol. The van der Waals surface area contributed by atoms with Gasteiger partial charge in [0.25, 0.3) is 5.91 Å². The van der Waals surface area contributed by atoms with Gasteiger partial charge in [-0.15, -0.1) is 0 Å². The highest BCUT2D eigenvalue weighted by Crippen LogP contribution is 2.25. The van der Waals surface area contributed by atoms with Gasteiger partial charge in [-0.05, 0) is 61.2 Å². The number of hydrogen-bond acceptors (Lipinski definition) is 4. The van der Waals surface area contributed by atoms with E-state index in [-0.39, 0.29) is 13.0 Å². The summed E-state index contributed by atoms with van der Waals surface area (Å²) < 4.78 is 0. The number of amides is 2. The van der Waals surface area contributed by atoms with Crippen LogP contribution in [-0.2, 0) is 9.59 Å². The summed E-state index contributed by atoms with van der Waals surface area (Å²) in [4.78, 5) is 42.8. The van der Waals surface area contributed by atoms with E-state index in [4.69, 9.17) is 28.9 Å². The highest BCUT2D eigenvalue weighted by Gasteiger charge is 2.20. The Balaban J connectivity index is 1.61. The lowest BCUT2D eigenvalue weighted by Gasteiger charge is -2.27. The van der Waals surface area contributed by atoms with Crippen LogP contribution >= 0.6 is 23.2 Å². The third kappa shape index (κ3) is 8.15. The zero-order valence-electron chi connectivity index (χ0n) is 19.0. The molecule has 1 aliphatic rings. The van der Waals surface area contributed by atoms with E-state index in [9.17, 15) is 19.5 Å². The van der Waals surface area contributed by atoms with Crippen molar-refractivity contribution in [1.29, 1.82) is 0 Å². The number of carbonyl (C=O) groups is 3. The maximum atomic E-state index is 12.6. The highest BCUT2D eigenvalue weighted by atomic mass is 35.5. The molecule has 0 bridgehead atoms. The zero-order chi connectivity index (χ0) is 25.4. The number of halogens is 2. The van der Waals surface area contributed by atoms with Gasteiger partial charge in [0.1, 0.15) is 0 Å². The number of aliphatic imine (C=N–C) groups is 1. The number of hydrogen-bond donors (Lipinski definition) is 4. The molecule has 0 saturated carbocycles. The van der Waals surface area contributed by atoms with Gasteiger partial charge in [-0.25, -0.2) is 4.99 Å². The molecule has 2 aromatic carbocycles. The Labute approximate surface area is 213 Å². The highest BCUT2D eigenvalue weighted by molar-refractivity contribution is 6.34. The molecule has 2 amide bonds. The van der Waals surface area contributed by atoms with Crippen molar-refractivity contribution in [1.82, 2.24) is 15.5 Å². The fourth-order valence-electron chi connectivity index (χ4n) is 3.75. The summed E-state index contributed by atoms with van der Waals surface area (Å²) in [6.07, 6.45) is 2.93. The van der Waals surface area contributed by atoms with Gasteiger partial charge in [0.2, 0.25) is 5.91 Å². The van der Waals surface area contributed by atoms with Crippen LogP contribution in [0, 0.1) is 0 Å². The van der Waals surface area contributed by atoms with Crippen LogP contribution < -0.4 is 16.4 Å². The summed E-state index contributed by atoms with van der Waals surface area (Å²) in [5.41, 5.74) is 7.41. The van der Waals surface area contributed by atoms with Gasteiger partial charge in [0, 0.05) is 28.7 Å². The Morgan fingerprint density at radius 3 is 2.40 bits per heavy atom. The van der Waals surface area contributed by atoms with E-state index in [1.165, 1.54) is 24.6 Å². The molecule has 1 fully saturated rings.